The van der Waals surface area contributed by atoms with Crippen LogP contribution in [-0.4, -0.2) is 43.5 Å². The van der Waals surface area contributed by atoms with Crippen LogP contribution >= 0.6 is 0 Å². The molecule has 1 unspecified atom stereocenters. The van der Waals surface area contributed by atoms with Crippen LogP contribution in [0.5, 0.6) is 11.5 Å². The Bertz CT molecular complexity index is 864. The molecule has 0 radical (unpaired) electrons. The molecule has 30 heavy (non-hydrogen) atoms. The summed E-state index contributed by atoms with van der Waals surface area (Å²) in [5.41, 5.74) is 0.288. The van der Waals surface area contributed by atoms with Crippen LogP contribution in [-0.2, 0) is 16.1 Å². The fraction of sp³-hybridized carbons (Fsp3) is 0.381. The Kier molecular flexibility index (Phi) is 8.28. The Morgan fingerprint density at radius 1 is 1.07 bits per heavy atom. The Hall–Kier alpha value is -3.49. The monoisotopic (exact) mass is 417 g/mol. The first-order chi connectivity index (χ1) is 14.3. The Balaban J connectivity index is 1.93. The number of nitrogens with one attached hydrogen (secondary N) is 3. The smallest absolute Gasteiger partial charge is 0.258 e. The zero-order valence-electron chi connectivity index (χ0n) is 17.5. The number of rotatable bonds is 10. The van der Waals surface area contributed by atoms with Crippen molar-refractivity contribution in [2.75, 3.05) is 13.7 Å². The summed E-state index contributed by atoms with van der Waals surface area (Å²) in [6, 6.07) is 7.27. The minimum atomic E-state index is -0.755. The normalized spacial score (nSPS) is 11.5. The van der Waals surface area contributed by atoms with Gasteiger partial charge in [0, 0.05) is 11.6 Å². The van der Waals surface area contributed by atoms with Crippen molar-refractivity contribution in [3.8, 4) is 11.5 Å². The maximum atomic E-state index is 12.5. The van der Waals surface area contributed by atoms with Crippen molar-refractivity contribution in [3.63, 3.8) is 0 Å². The lowest BCUT2D eigenvalue weighted by Crippen LogP contribution is -2.44. The lowest BCUT2D eigenvalue weighted by molar-refractivity contribution is -0.124. The van der Waals surface area contributed by atoms with E-state index in [0.717, 1.165) is 0 Å². The first-order valence-corrected chi connectivity index (χ1v) is 9.51. The molecule has 0 aliphatic heterocycles. The van der Waals surface area contributed by atoms with Crippen LogP contribution in [0.4, 0.5) is 0 Å². The number of carbonyl (C=O) groups excluding carboxylic acids is 3. The lowest BCUT2D eigenvalue weighted by atomic mass is 10.1. The average Bonchev–Trinajstić information content (AvgIpc) is 3.23. The van der Waals surface area contributed by atoms with Gasteiger partial charge in [-0.05, 0) is 51.1 Å². The van der Waals surface area contributed by atoms with E-state index in [1.165, 1.54) is 31.6 Å². The van der Waals surface area contributed by atoms with E-state index in [1.54, 1.807) is 19.1 Å². The van der Waals surface area contributed by atoms with Gasteiger partial charge in [0.05, 0.1) is 19.9 Å². The fourth-order valence-corrected chi connectivity index (χ4v) is 2.52. The molecular formula is C21H27N3O6. The topological polar surface area (TPSA) is 119 Å². The standard InChI is InChI=1S/C21H27N3O6/c1-13(2)23-19(25)12-30-17-8-7-15(10-18(17)28-4)21(27)24-14(3)20(26)22-11-16-6-5-9-29-16/h5-10,13-14H,11-12H2,1-4H3,(H,22,26)(H,23,25)(H,24,27). The predicted molar refractivity (Wildman–Crippen MR) is 109 cm³/mol. The molecule has 3 N–H and O–H groups in total. The molecule has 2 aromatic rings. The van der Waals surface area contributed by atoms with Crippen molar-refractivity contribution in [1.82, 2.24) is 16.0 Å². The van der Waals surface area contributed by atoms with E-state index in [1.807, 2.05) is 13.8 Å². The van der Waals surface area contributed by atoms with E-state index >= 15 is 0 Å². The Labute approximate surface area is 175 Å². The molecule has 0 bridgehead atoms. The first kappa shape index (κ1) is 22.8. The van der Waals surface area contributed by atoms with Crippen molar-refractivity contribution in [3.05, 3.63) is 47.9 Å². The second-order valence-electron chi connectivity index (χ2n) is 6.87. The number of furan rings is 1. The number of amides is 3. The van der Waals surface area contributed by atoms with Gasteiger partial charge >= 0.3 is 0 Å². The summed E-state index contributed by atoms with van der Waals surface area (Å²) in [7, 11) is 1.43. The number of hydrogen-bond acceptors (Lipinski definition) is 6. The molecule has 1 aromatic carbocycles. The summed E-state index contributed by atoms with van der Waals surface area (Å²) >= 11 is 0. The molecule has 0 aliphatic rings. The van der Waals surface area contributed by atoms with E-state index in [0.29, 0.717) is 17.3 Å². The SMILES string of the molecule is COc1cc(C(=O)NC(C)C(=O)NCc2ccco2)ccc1OCC(=O)NC(C)C. The number of benzene rings is 1. The highest BCUT2D eigenvalue weighted by Crippen LogP contribution is 2.28. The van der Waals surface area contributed by atoms with Gasteiger partial charge in [0.15, 0.2) is 18.1 Å². The largest absolute Gasteiger partial charge is 0.493 e. The quantitative estimate of drug-likeness (QED) is 0.541. The molecule has 9 nitrogen and oxygen atoms in total. The minimum absolute atomic E-state index is 0.00680. The molecule has 9 heteroatoms. The van der Waals surface area contributed by atoms with Crippen LogP contribution < -0.4 is 25.4 Å². The Morgan fingerprint density at radius 3 is 2.47 bits per heavy atom. The van der Waals surface area contributed by atoms with Crippen LogP contribution in [0.25, 0.3) is 0 Å². The van der Waals surface area contributed by atoms with E-state index < -0.39 is 11.9 Å². The van der Waals surface area contributed by atoms with E-state index in [2.05, 4.69) is 16.0 Å². The van der Waals surface area contributed by atoms with Gasteiger partial charge in [-0.2, -0.15) is 0 Å². The van der Waals surface area contributed by atoms with Crippen LogP contribution in [0.2, 0.25) is 0 Å². The fourth-order valence-electron chi connectivity index (χ4n) is 2.52. The predicted octanol–water partition coefficient (Wildman–Crippen LogP) is 1.63. The van der Waals surface area contributed by atoms with Crippen LogP contribution in [0.15, 0.2) is 41.0 Å². The molecule has 0 spiro atoms. The maximum Gasteiger partial charge on any atom is 0.258 e. The van der Waals surface area contributed by atoms with Gasteiger partial charge < -0.3 is 29.8 Å². The summed E-state index contributed by atoms with van der Waals surface area (Å²) in [6.45, 7) is 5.34. The van der Waals surface area contributed by atoms with Gasteiger partial charge in [-0.3, -0.25) is 14.4 Å². The summed E-state index contributed by atoms with van der Waals surface area (Å²) in [4.78, 5) is 36.4. The van der Waals surface area contributed by atoms with E-state index in [4.69, 9.17) is 13.9 Å². The molecule has 1 aromatic heterocycles. The van der Waals surface area contributed by atoms with Crippen molar-refractivity contribution in [2.24, 2.45) is 0 Å². The highest BCUT2D eigenvalue weighted by Gasteiger charge is 2.18. The third kappa shape index (κ3) is 6.84. The average molecular weight is 417 g/mol. The molecule has 0 saturated heterocycles. The van der Waals surface area contributed by atoms with Gasteiger partial charge in [-0.15, -0.1) is 0 Å². The van der Waals surface area contributed by atoms with E-state index in [-0.39, 0.29) is 36.6 Å². The molecule has 3 amide bonds. The lowest BCUT2D eigenvalue weighted by Gasteiger charge is -2.15. The molecule has 2 rings (SSSR count). The zero-order chi connectivity index (χ0) is 22.1. The number of hydrogen-bond donors (Lipinski definition) is 3. The van der Waals surface area contributed by atoms with Crippen molar-refractivity contribution >= 4 is 17.7 Å². The zero-order valence-corrected chi connectivity index (χ0v) is 17.5. The maximum absolute atomic E-state index is 12.5. The van der Waals surface area contributed by atoms with Crippen molar-refractivity contribution in [1.29, 1.82) is 0 Å². The third-order valence-electron chi connectivity index (χ3n) is 3.99. The second kappa shape index (κ2) is 10.9. The summed E-state index contributed by atoms with van der Waals surface area (Å²) in [6.07, 6.45) is 1.52. The van der Waals surface area contributed by atoms with Crippen LogP contribution in [0.3, 0.4) is 0 Å². The summed E-state index contributed by atoms with van der Waals surface area (Å²) < 4.78 is 15.9. The number of carbonyl (C=O) groups is 3. The van der Waals surface area contributed by atoms with Crippen molar-refractivity contribution in [2.45, 2.75) is 39.4 Å². The number of ether oxygens (including phenoxy) is 2. The second-order valence-corrected chi connectivity index (χ2v) is 6.87. The molecular weight excluding hydrogens is 390 g/mol. The highest BCUT2D eigenvalue weighted by molar-refractivity contribution is 5.98. The summed E-state index contributed by atoms with van der Waals surface area (Å²) in [5.74, 6) is 0.195. The number of methoxy groups -OCH3 is 1. The first-order valence-electron chi connectivity index (χ1n) is 9.51. The molecule has 1 atom stereocenters. The van der Waals surface area contributed by atoms with E-state index in [9.17, 15) is 14.4 Å². The molecule has 0 fully saturated rings. The van der Waals surface area contributed by atoms with Gasteiger partial charge in [-0.1, -0.05) is 0 Å². The van der Waals surface area contributed by atoms with Crippen LogP contribution in [0.1, 0.15) is 36.9 Å². The van der Waals surface area contributed by atoms with Crippen LogP contribution in [0, 0.1) is 0 Å². The van der Waals surface area contributed by atoms with Crippen molar-refractivity contribution < 1.29 is 28.3 Å². The molecule has 162 valence electrons. The molecule has 1 heterocycles. The molecule has 0 saturated carbocycles. The highest BCUT2D eigenvalue weighted by atomic mass is 16.5. The summed E-state index contributed by atoms with van der Waals surface area (Å²) in [5, 5.41) is 8.03. The van der Waals surface area contributed by atoms with Gasteiger partial charge in [0.2, 0.25) is 5.91 Å². The third-order valence-corrected chi connectivity index (χ3v) is 3.99. The minimum Gasteiger partial charge on any atom is -0.493 e. The van der Waals surface area contributed by atoms with Gasteiger partial charge in [-0.25, -0.2) is 0 Å². The Morgan fingerprint density at radius 2 is 1.83 bits per heavy atom. The van der Waals surface area contributed by atoms with Gasteiger partial charge in [0.25, 0.3) is 11.8 Å². The molecule has 0 aliphatic carbocycles. The van der Waals surface area contributed by atoms with Gasteiger partial charge in [0.1, 0.15) is 11.8 Å².